The molecular formula is C12H14FN3OS. The Kier molecular flexibility index (Phi) is 3.47. The number of nitrogens with zero attached hydrogens (tertiary/aromatic N) is 1. The molecule has 1 aromatic rings. The van der Waals surface area contributed by atoms with E-state index in [9.17, 15) is 9.18 Å². The summed E-state index contributed by atoms with van der Waals surface area (Å²) in [6, 6.07) is 3.84. The monoisotopic (exact) mass is 267 g/mol. The van der Waals surface area contributed by atoms with Gasteiger partial charge in [-0.2, -0.15) is 0 Å². The molecular weight excluding hydrogens is 253 g/mol. The van der Waals surface area contributed by atoms with Gasteiger partial charge in [-0.15, -0.1) is 0 Å². The molecule has 1 heterocycles. The van der Waals surface area contributed by atoms with E-state index in [-0.39, 0.29) is 16.9 Å². The van der Waals surface area contributed by atoms with Crippen molar-refractivity contribution in [2.24, 2.45) is 5.73 Å². The fourth-order valence-corrected chi connectivity index (χ4v) is 2.16. The minimum Gasteiger partial charge on any atom is -0.389 e. The number of likely N-dealkylation sites (tertiary alicyclic amines) is 1. The van der Waals surface area contributed by atoms with Gasteiger partial charge in [0, 0.05) is 24.8 Å². The number of carbonyl (C=O) groups excluding carboxylic acids is 1. The van der Waals surface area contributed by atoms with Crippen LogP contribution in [0.1, 0.15) is 12.0 Å². The summed E-state index contributed by atoms with van der Waals surface area (Å²) < 4.78 is 13.1. The van der Waals surface area contributed by atoms with E-state index in [4.69, 9.17) is 18.0 Å². The Morgan fingerprint density at radius 1 is 1.61 bits per heavy atom. The number of hydrogen-bond donors (Lipinski definition) is 2. The van der Waals surface area contributed by atoms with Gasteiger partial charge in [-0.1, -0.05) is 12.2 Å². The van der Waals surface area contributed by atoms with Gasteiger partial charge in [0.05, 0.1) is 0 Å². The second-order valence-electron chi connectivity index (χ2n) is 4.30. The number of rotatable bonds is 3. The van der Waals surface area contributed by atoms with Crippen molar-refractivity contribution in [3.8, 4) is 0 Å². The second-order valence-corrected chi connectivity index (χ2v) is 4.74. The van der Waals surface area contributed by atoms with Gasteiger partial charge in [0.1, 0.15) is 16.8 Å². The van der Waals surface area contributed by atoms with E-state index in [0.29, 0.717) is 24.2 Å². The van der Waals surface area contributed by atoms with E-state index in [0.717, 1.165) is 0 Å². The highest BCUT2D eigenvalue weighted by molar-refractivity contribution is 7.80. The maximum Gasteiger partial charge on any atom is 0.244 e. The van der Waals surface area contributed by atoms with Crippen LogP contribution in [0.4, 0.5) is 10.1 Å². The molecule has 0 spiro atoms. The minimum absolute atomic E-state index is 0.0215. The molecule has 0 aliphatic carbocycles. The lowest BCUT2D eigenvalue weighted by molar-refractivity contribution is -0.127. The van der Waals surface area contributed by atoms with Crippen molar-refractivity contribution in [2.75, 3.05) is 18.9 Å². The fourth-order valence-electron chi connectivity index (χ4n) is 1.99. The molecule has 4 nitrogen and oxygen atoms in total. The Labute approximate surface area is 110 Å². The molecule has 1 aromatic carbocycles. The Morgan fingerprint density at radius 3 is 2.89 bits per heavy atom. The van der Waals surface area contributed by atoms with Gasteiger partial charge < -0.3 is 16.0 Å². The molecule has 96 valence electrons. The van der Waals surface area contributed by atoms with Crippen molar-refractivity contribution in [3.05, 3.63) is 29.6 Å². The predicted molar refractivity (Wildman–Crippen MR) is 72.0 cm³/mol. The van der Waals surface area contributed by atoms with Crippen molar-refractivity contribution in [1.29, 1.82) is 0 Å². The van der Waals surface area contributed by atoms with E-state index < -0.39 is 5.82 Å². The Balaban J connectivity index is 2.24. The third-order valence-corrected chi connectivity index (χ3v) is 3.22. The van der Waals surface area contributed by atoms with E-state index in [1.54, 1.807) is 18.0 Å². The molecule has 1 atom stereocenters. The number of halogens is 1. The number of anilines is 1. The second kappa shape index (κ2) is 4.89. The van der Waals surface area contributed by atoms with Crippen LogP contribution in [0.3, 0.4) is 0 Å². The largest absolute Gasteiger partial charge is 0.389 e. The molecule has 0 radical (unpaired) electrons. The first-order valence-corrected chi connectivity index (χ1v) is 6.00. The number of thiocarbonyl (C=S) groups is 1. The summed E-state index contributed by atoms with van der Waals surface area (Å²) >= 11 is 4.88. The molecule has 1 amide bonds. The number of hydrogen-bond acceptors (Lipinski definition) is 3. The molecule has 6 heteroatoms. The molecule has 0 aromatic heterocycles. The first kappa shape index (κ1) is 12.8. The third kappa shape index (κ3) is 2.43. The van der Waals surface area contributed by atoms with E-state index in [2.05, 4.69) is 5.32 Å². The van der Waals surface area contributed by atoms with Crippen molar-refractivity contribution >= 4 is 28.8 Å². The van der Waals surface area contributed by atoms with Gasteiger partial charge in [0.25, 0.3) is 0 Å². The van der Waals surface area contributed by atoms with Crippen molar-refractivity contribution in [2.45, 2.75) is 12.5 Å². The molecule has 1 saturated heterocycles. The SMILES string of the molecule is CN1CCC(Nc2ccc(F)cc2C(N)=S)C1=O. The molecule has 1 fully saturated rings. The highest BCUT2D eigenvalue weighted by Crippen LogP contribution is 2.21. The zero-order valence-corrected chi connectivity index (χ0v) is 10.8. The molecule has 1 aliphatic rings. The predicted octanol–water partition coefficient (Wildman–Crippen LogP) is 1.10. The lowest BCUT2D eigenvalue weighted by atomic mass is 10.1. The number of amides is 1. The van der Waals surface area contributed by atoms with Crippen LogP contribution in [0.2, 0.25) is 0 Å². The highest BCUT2D eigenvalue weighted by Gasteiger charge is 2.29. The van der Waals surface area contributed by atoms with E-state index >= 15 is 0 Å². The Hall–Kier alpha value is -1.69. The molecule has 0 saturated carbocycles. The zero-order valence-electron chi connectivity index (χ0n) is 9.94. The van der Waals surface area contributed by atoms with Crippen LogP contribution in [-0.4, -0.2) is 35.4 Å². The van der Waals surface area contributed by atoms with Crippen LogP contribution in [0.15, 0.2) is 18.2 Å². The van der Waals surface area contributed by atoms with Crippen LogP contribution < -0.4 is 11.1 Å². The number of carbonyl (C=O) groups is 1. The number of benzene rings is 1. The quantitative estimate of drug-likeness (QED) is 0.805. The highest BCUT2D eigenvalue weighted by atomic mass is 32.1. The Morgan fingerprint density at radius 2 is 2.33 bits per heavy atom. The molecule has 18 heavy (non-hydrogen) atoms. The lowest BCUT2D eigenvalue weighted by Gasteiger charge is -2.16. The first-order valence-electron chi connectivity index (χ1n) is 5.60. The normalized spacial score (nSPS) is 19.1. The molecule has 3 N–H and O–H groups in total. The summed E-state index contributed by atoms with van der Waals surface area (Å²) in [6.07, 6.45) is 0.712. The maximum absolute atomic E-state index is 13.1. The standard InChI is InChI=1S/C12H14FN3OS/c1-16-5-4-10(12(16)17)15-9-3-2-7(13)6-8(9)11(14)18/h2-3,6,10,15H,4-5H2,1H3,(H2,14,18). The van der Waals surface area contributed by atoms with Crippen LogP contribution in [-0.2, 0) is 4.79 Å². The van der Waals surface area contributed by atoms with Gasteiger partial charge in [0.2, 0.25) is 5.91 Å². The number of likely N-dealkylation sites (N-methyl/N-ethyl adjacent to an activating group) is 1. The third-order valence-electron chi connectivity index (χ3n) is 3.00. The van der Waals surface area contributed by atoms with Crippen LogP contribution in [0.5, 0.6) is 0 Å². The van der Waals surface area contributed by atoms with Gasteiger partial charge in [0.15, 0.2) is 0 Å². The van der Waals surface area contributed by atoms with Crippen molar-refractivity contribution < 1.29 is 9.18 Å². The first-order chi connectivity index (χ1) is 8.49. The summed E-state index contributed by atoms with van der Waals surface area (Å²) in [6.45, 7) is 0.708. The minimum atomic E-state index is -0.404. The molecule has 1 aliphatic heterocycles. The summed E-state index contributed by atoms with van der Waals surface area (Å²) in [5.74, 6) is -0.383. The van der Waals surface area contributed by atoms with Crippen molar-refractivity contribution in [3.63, 3.8) is 0 Å². The van der Waals surface area contributed by atoms with Crippen LogP contribution in [0.25, 0.3) is 0 Å². The summed E-state index contributed by atoms with van der Waals surface area (Å²) in [4.78, 5) is 13.5. The molecule has 1 unspecified atom stereocenters. The fraction of sp³-hybridized carbons (Fsp3) is 0.333. The lowest BCUT2D eigenvalue weighted by Crippen LogP contribution is -2.31. The van der Waals surface area contributed by atoms with Gasteiger partial charge >= 0.3 is 0 Å². The van der Waals surface area contributed by atoms with Gasteiger partial charge in [-0.25, -0.2) is 4.39 Å². The van der Waals surface area contributed by atoms with Gasteiger partial charge in [-0.3, -0.25) is 4.79 Å². The average Bonchev–Trinajstić information content (AvgIpc) is 2.63. The number of nitrogens with one attached hydrogen (secondary N) is 1. The van der Waals surface area contributed by atoms with E-state index in [1.807, 2.05) is 0 Å². The zero-order chi connectivity index (χ0) is 13.3. The average molecular weight is 267 g/mol. The smallest absolute Gasteiger partial charge is 0.244 e. The van der Waals surface area contributed by atoms with E-state index in [1.165, 1.54) is 12.1 Å². The number of nitrogens with two attached hydrogens (primary N) is 1. The summed E-state index contributed by atoms with van der Waals surface area (Å²) in [7, 11) is 1.75. The molecule has 0 bridgehead atoms. The van der Waals surface area contributed by atoms with Crippen molar-refractivity contribution in [1.82, 2.24) is 4.90 Å². The molecule has 2 rings (SSSR count). The van der Waals surface area contributed by atoms with Crippen LogP contribution in [0, 0.1) is 5.82 Å². The van der Waals surface area contributed by atoms with Gasteiger partial charge in [-0.05, 0) is 24.6 Å². The van der Waals surface area contributed by atoms with Crippen LogP contribution >= 0.6 is 12.2 Å². The summed E-state index contributed by atoms with van der Waals surface area (Å²) in [5, 5.41) is 3.07. The Bertz CT molecular complexity index is 506. The maximum atomic E-state index is 13.1. The summed E-state index contributed by atoms with van der Waals surface area (Å²) in [5.41, 5.74) is 6.57. The topological polar surface area (TPSA) is 58.4 Å².